The average Bonchev–Trinajstić information content (AvgIpc) is 2.91. The molecule has 7 nitrogen and oxygen atoms in total. The van der Waals surface area contributed by atoms with E-state index >= 15 is 0 Å². The Labute approximate surface area is 122 Å². The number of hydrogen-bond donors (Lipinski definition) is 1. The summed E-state index contributed by atoms with van der Waals surface area (Å²) in [7, 11) is 0. The second-order valence-electron chi connectivity index (χ2n) is 3.81. The van der Waals surface area contributed by atoms with Gasteiger partial charge in [0.15, 0.2) is 0 Å². The van der Waals surface area contributed by atoms with E-state index in [9.17, 15) is 0 Å². The third-order valence-electron chi connectivity index (χ3n) is 2.36. The summed E-state index contributed by atoms with van der Waals surface area (Å²) in [5.74, 6) is 1.02. The van der Waals surface area contributed by atoms with Crippen LogP contribution in [0.15, 0.2) is 47.5 Å². The van der Waals surface area contributed by atoms with Crippen molar-refractivity contribution in [2.75, 3.05) is 5.73 Å². The molecule has 2 heterocycles. The number of hydrogen-bond acceptors (Lipinski definition) is 6. The molecule has 0 aliphatic rings. The molecular formula is C12H9BrN6O. The maximum atomic E-state index is 5.66. The normalized spacial score (nSPS) is 10.4. The Hall–Kier alpha value is -2.48. The van der Waals surface area contributed by atoms with Crippen LogP contribution in [-0.4, -0.2) is 24.5 Å². The van der Waals surface area contributed by atoms with Crippen molar-refractivity contribution >= 4 is 21.9 Å². The Morgan fingerprint density at radius 1 is 1.20 bits per heavy atom. The van der Waals surface area contributed by atoms with E-state index in [1.165, 1.54) is 0 Å². The van der Waals surface area contributed by atoms with Crippen LogP contribution in [0.5, 0.6) is 11.8 Å². The highest BCUT2D eigenvalue weighted by Gasteiger charge is 2.08. The number of imidazole rings is 1. The zero-order valence-corrected chi connectivity index (χ0v) is 11.7. The second kappa shape index (κ2) is 5.25. The molecule has 0 atom stereocenters. The minimum atomic E-state index is 0.0775. The lowest BCUT2D eigenvalue weighted by atomic mass is 10.3. The first-order chi connectivity index (χ1) is 9.70. The summed E-state index contributed by atoms with van der Waals surface area (Å²) < 4.78 is 8.08. The lowest BCUT2D eigenvalue weighted by Gasteiger charge is -2.06. The van der Waals surface area contributed by atoms with Crippen molar-refractivity contribution in [3.8, 4) is 17.7 Å². The summed E-state index contributed by atoms with van der Waals surface area (Å²) in [6.07, 6.45) is 4.89. The van der Waals surface area contributed by atoms with Crippen molar-refractivity contribution in [3.05, 3.63) is 47.5 Å². The Bertz CT molecular complexity index is 731. The van der Waals surface area contributed by atoms with Crippen LogP contribution in [0.2, 0.25) is 0 Å². The number of anilines is 1. The topological polar surface area (TPSA) is 91.7 Å². The summed E-state index contributed by atoms with van der Waals surface area (Å²) in [6, 6.07) is 7.46. The van der Waals surface area contributed by atoms with E-state index in [1.807, 2.05) is 12.1 Å². The molecule has 0 bridgehead atoms. The molecule has 0 spiro atoms. The Morgan fingerprint density at radius 2 is 2.10 bits per heavy atom. The quantitative estimate of drug-likeness (QED) is 0.790. The highest BCUT2D eigenvalue weighted by molar-refractivity contribution is 9.10. The number of ether oxygens (including phenoxy) is 1. The fraction of sp³-hybridized carbons (Fsp3) is 0. The number of halogens is 1. The van der Waals surface area contributed by atoms with Crippen LogP contribution in [0.1, 0.15) is 0 Å². The molecule has 0 saturated carbocycles. The van der Waals surface area contributed by atoms with E-state index < -0.39 is 0 Å². The van der Waals surface area contributed by atoms with Crippen LogP contribution in [0.3, 0.4) is 0 Å². The van der Waals surface area contributed by atoms with E-state index in [-0.39, 0.29) is 12.0 Å². The van der Waals surface area contributed by atoms with Gasteiger partial charge in [-0.05, 0) is 18.2 Å². The molecule has 0 saturated heterocycles. The van der Waals surface area contributed by atoms with Gasteiger partial charge in [-0.25, -0.2) is 4.98 Å². The monoisotopic (exact) mass is 332 g/mol. The molecule has 3 aromatic rings. The number of rotatable bonds is 3. The van der Waals surface area contributed by atoms with E-state index in [4.69, 9.17) is 10.5 Å². The van der Waals surface area contributed by atoms with Gasteiger partial charge in [-0.2, -0.15) is 15.0 Å². The van der Waals surface area contributed by atoms with Crippen LogP contribution >= 0.6 is 15.9 Å². The average molecular weight is 333 g/mol. The van der Waals surface area contributed by atoms with Gasteiger partial charge in [0.1, 0.15) is 12.1 Å². The predicted molar refractivity (Wildman–Crippen MR) is 75.6 cm³/mol. The largest absolute Gasteiger partial charge is 0.424 e. The molecular weight excluding hydrogens is 324 g/mol. The summed E-state index contributed by atoms with van der Waals surface area (Å²) in [5.41, 5.74) is 5.66. The number of benzene rings is 1. The van der Waals surface area contributed by atoms with Gasteiger partial charge in [0, 0.05) is 16.9 Å². The third kappa shape index (κ3) is 2.75. The van der Waals surface area contributed by atoms with E-state index in [2.05, 4.69) is 35.9 Å². The van der Waals surface area contributed by atoms with Crippen molar-refractivity contribution < 1.29 is 4.74 Å². The smallest absolute Gasteiger partial charge is 0.328 e. The van der Waals surface area contributed by atoms with Gasteiger partial charge in [0.05, 0.1) is 0 Å². The van der Waals surface area contributed by atoms with E-state index in [0.717, 1.165) is 4.47 Å². The van der Waals surface area contributed by atoms with Gasteiger partial charge in [0.2, 0.25) is 11.9 Å². The van der Waals surface area contributed by atoms with Gasteiger partial charge in [-0.3, -0.25) is 4.57 Å². The Morgan fingerprint density at radius 3 is 2.85 bits per heavy atom. The molecule has 20 heavy (non-hydrogen) atoms. The first-order valence-corrected chi connectivity index (χ1v) is 6.43. The van der Waals surface area contributed by atoms with Crippen molar-refractivity contribution in [2.45, 2.75) is 0 Å². The van der Waals surface area contributed by atoms with E-state index in [1.54, 1.807) is 35.4 Å². The summed E-state index contributed by atoms with van der Waals surface area (Å²) in [5, 5.41) is 0. The van der Waals surface area contributed by atoms with E-state index in [0.29, 0.717) is 11.7 Å². The number of aromatic nitrogens is 5. The molecule has 3 rings (SSSR count). The van der Waals surface area contributed by atoms with Gasteiger partial charge >= 0.3 is 6.01 Å². The van der Waals surface area contributed by atoms with Gasteiger partial charge in [0.25, 0.3) is 0 Å². The highest BCUT2D eigenvalue weighted by Crippen LogP contribution is 2.22. The lowest BCUT2D eigenvalue weighted by Crippen LogP contribution is -2.06. The molecule has 0 amide bonds. The standard InChI is InChI=1S/C12H9BrN6O/c13-8-2-1-3-9(6-8)20-12-17-10(14)16-11(18-12)19-5-4-15-7-19/h1-7H,(H2,14,16,17,18). The first-order valence-electron chi connectivity index (χ1n) is 5.64. The molecule has 0 unspecified atom stereocenters. The molecule has 2 aromatic heterocycles. The zero-order chi connectivity index (χ0) is 13.9. The molecule has 0 aliphatic carbocycles. The highest BCUT2D eigenvalue weighted by atomic mass is 79.9. The van der Waals surface area contributed by atoms with Crippen molar-refractivity contribution in [1.29, 1.82) is 0 Å². The fourth-order valence-corrected chi connectivity index (χ4v) is 1.91. The molecule has 100 valence electrons. The molecule has 1 aromatic carbocycles. The fourth-order valence-electron chi connectivity index (χ4n) is 1.54. The predicted octanol–water partition coefficient (Wildman–Crippen LogP) is 2.19. The maximum Gasteiger partial charge on any atom is 0.328 e. The number of nitrogen functional groups attached to an aromatic ring is 1. The van der Waals surface area contributed by atoms with Crippen LogP contribution in [0, 0.1) is 0 Å². The number of nitrogens with two attached hydrogens (primary N) is 1. The molecule has 0 radical (unpaired) electrons. The summed E-state index contributed by atoms with van der Waals surface area (Å²) in [6.45, 7) is 0. The molecule has 0 fully saturated rings. The lowest BCUT2D eigenvalue weighted by molar-refractivity contribution is 0.439. The van der Waals surface area contributed by atoms with Crippen molar-refractivity contribution in [2.24, 2.45) is 0 Å². The van der Waals surface area contributed by atoms with Gasteiger partial charge in [-0.1, -0.05) is 22.0 Å². The molecule has 2 N–H and O–H groups in total. The third-order valence-corrected chi connectivity index (χ3v) is 2.85. The van der Waals surface area contributed by atoms with Crippen molar-refractivity contribution in [3.63, 3.8) is 0 Å². The van der Waals surface area contributed by atoms with Crippen LogP contribution in [0.25, 0.3) is 5.95 Å². The minimum absolute atomic E-state index is 0.0775. The van der Waals surface area contributed by atoms with Crippen LogP contribution in [0.4, 0.5) is 5.95 Å². The SMILES string of the molecule is Nc1nc(Oc2cccc(Br)c2)nc(-n2ccnc2)n1. The van der Waals surface area contributed by atoms with Gasteiger partial charge in [-0.15, -0.1) is 0 Å². The van der Waals surface area contributed by atoms with Crippen molar-refractivity contribution in [1.82, 2.24) is 24.5 Å². The van der Waals surface area contributed by atoms with Gasteiger partial charge < -0.3 is 10.5 Å². The van der Waals surface area contributed by atoms with Crippen LogP contribution < -0.4 is 10.5 Å². The zero-order valence-electron chi connectivity index (χ0n) is 10.1. The molecule has 0 aliphatic heterocycles. The summed E-state index contributed by atoms with van der Waals surface area (Å²) >= 11 is 3.37. The Balaban J connectivity index is 1.94. The number of nitrogens with zero attached hydrogens (tertiary/aromatic N) is 5. The second-order valence-corrected chi connectivity index (χ2v) is 4.72. The minimum Gasteiger partial charge on any atom is -0.424 e. The summed E-state index contributed by atoms with van der Waals surface area (Å²) in [4.78, 5) is 16.1. The maximum absolute atomic E-state index is 5.66. The van der Waals surface area contributed by atoms with Crippen LogP contribution in [-0.2, 0) is 0 Å². The Kier molecular flexibility index (Phi) is 3.30. The molecule has 8 heteroatoms. The first kappa shape index (κ1) is 12.5.